The van der Waals surface area contributed by atoms with Gasteiger partial charge in [0.15, 0.2) is 11.5 Å². The van der Waals surface area contributed by atoms with Gasteiger partial charge in [-0.05, 0) is 38.0 Å². The van der Waals surface area contributed by atoms with Crippen molar-refractivity contribution in [3.8, 4) is 0 Å². The zero-order valence-electron chi connectivity index (χ0n) is 20.9. The van der Waals surface area contributed by atoms with E-state index in [2.05, 4.69) is 45.6 Å². The van der Waals surface area contributed by atoms with E-state index in [0.29, 0.717) is 25.0 Å². The van der Waals surface area contributed by atoms with Crippen LogP contribution < -0.4 is 0 Å². The lowest BCUT2D eigenvalue weighted by Gasteiger charge is -2.23. The fraction of sp³-hybridized carbons (Fsp3) is 0.760. The van der Waals surface area contributed by atoms with Gasteiger partial charge in [-0.1, -0.05) is 67.0 Å². The molecule has 0 spiro atoms. The minimum atomic E-state index is -1.18. The number of unbranched alkanes of at least 4 members (excludes halogenated alkanes) is 1. The molecule has 0 fully saturated rings. The number of ether oxygens (including phenoxy) is 3. The van der Waals surface area contributed by atoms with Crippen LogP contribution in [0.25, 0.3) is 0 Å². The molecule has 0 radical (unpaired) electrons. The molecule has 31 heavy (non-hydrogen) atoms. The number of hydrogen-bond acceptors (Lipinski definition) is 3. The first-order valence-electron chi connectivity index (χ1n) is 11.2. The Labute approximate surface area is 188 Å². The fourth-order valence-electron chi connectivity index (χ4n) is 2.22. The van der Waals surface area contributed by atoms with Gasteiger partial charge in [-0.3, -0.25) is 0 Å². The molecule has 184 valence electrons. The fourth-order valence-corrected chi connectivity index (χ4v) is 2.22. The molecule has 6 heteroatoms. The first kappa shape index (κ1) is 31.8. The largest absolute Gasteiger partial charge is 0.494 e. The van der Waals surface area contributed by atoms with Crippen LogP contribution in [0.15, 0.2) is 36.3 Å². The average molecular weight is 451 g/mol. The van der Waals surface area contributed by atoms with Crippen LogP contribution in [0.5, 0.6) is 0 Å². The van der Waals surface area contributed by atoms with Crippen LogP contribution in [0.2, 0.25) is 0 Å². The molecule has 0 amide bonds. The minimum absolute atomic E-state index is 0.278. The lowest BCUT2D eigenvalue weighted by atomic mass is 9.90. The van der Waals surface area contributed by atoms with E-state index in [9.17, 15) is 13.2 Å². The van der Waals surface area contributed by atoms with Gasteiger partial charge >= 0.3 is 0 Å². The van der Waals surface area contributed by atoms with Gasteiger partial charge in [-0.2, -0.15) is 8.78 Å². The van der Waals surface area contributed by atoms with Gasteiger partial charge in [0.25, 0.3) is 0 Å². The van der Waals surface area contributed by atoms with E-state index in [4.69, 9.17) is 9.47 Å². The molecule has 0 bridgehead atoms. The summed E-state index contributed by atoms with van der Waals surface area (Å²) in [6, 6.07) is 0. The number of alkyl halides is 1. The van der Waals surface area contributed by atoms with Gasteiger partial charge in [-0.25, -0.2) is 4.39 Å². The van der Waals surface area contributed by atoms with Gasteiger partial charge in [0, 0.05) is 6.61 Å². The highest BCUT2D eigenvalue weighted by Crippen LogP contribution is 2.23. The lowest BCUT2D eigenvalue weighted by Crippen LogP contribution is -2.24. The second-order valence-corrected chi connectivity index (χ2v) is 8.52. The lowest BCUT2D eigenvalue weighted by molar-refractivity contribution is -0.00848. The Morgan fingerprint density at radius 1 is 0.871 bits per heavy atom. The zero-order chi connectivity index (χ0) is 24.6. The number of rotatable bonds is 15. The summed E-state index contributed by atoms with van der Waals surface area (Å²) >= 11 is 0. The highest BCUT2D eigenvalue weighted by atomic mass is 19.2. The standard InChI is InChI=1S/C14H29FO.C11H16F2O2/c1-10(2)7-8-11(3)12(4)9-16-14(6)13(5)15;1-5-6-7-15-9(3)11(13)10(12)8(2)14-4/h10-14H,7-9H2,1-6H3;2-3,5-7H2,1,4H3/b;11-10-. The molecule has 0 aliphatic heterocycles. The normalized spacial score (nSPS) is 15.7. The highest BCUT2D eigenvalue weighted by molar-refractivity contribution is 5.29. The molecule has 4 unspecified atom stereocenters. The van der Waals surface area contributed by atoms with Gasteiger partial charge in [0.1, 0.15) is 6.17 Å². The Balaban J connectivity index is 0. The number of halogens is 3. The molecule has 0 aromatic rings. The van der Waals surface area contributed by atoms with Gasteiger partial charge < -0.3 is 14.2 Å². The second-order valence-electron chi connectivity index (χ2n) is 8.52. The molecular weight excluding hydrogens is 405 g/mol. The molecule has 0 N–H and O–H groups in total. The van der Waals surface area contributed by atoms with Crippen LogP contribution in [0.3, 0.4) is 0 Å². The van der Waals surface area contributed by atoms with Crippen molar-refractivity contribution in [3.63, 3.8) is 0 Å². The Kier molecular flexibility index (Phi) is 18.6. The molecule has 0 aliphatic rings. The molecule has 0 aliphatic carbocycles. The van der Waals surface area contributed by atoms with Crippen LogP contribution in [0.4, 0.5) is 13.2 Å². The second kappa shape index (κ2) is 18.2. The maximum Gasteiger partial charge on any atom is 0.203 e. The van der Waals surface area contributed by atoms with Crippen LogP contribution >= 0.6 is 0 Å². The molecule has 0 heterocycles. The summed E-state index contributed by atoms with van der Waals surface area (Å²) in [5, 5.41) is 0. The van der Waals surface area contributed by atoms with Crippen molar-refractivity contribution in [2.45, 2.75) is 86.4 Å². The van der Waals surface area contributed by atoms with Gasteiger partial charge in [0.05, 0.1) is 19.8 Å². The van der Waals surface area contributed by atoms with E-state index in [1.165, 1.54) is 20.0 Å². The average Bonchev–Trinajstić information content (AvgIpc) is 2.73. The van der Waals surface area contributed by atoms with E-state index in [1.807, 2.05) is 6.92 Å². The number of methoxy groups -OCH3 is 1. The van der Waals surface area contributed by atoms with Gasteiger partial charge in [-0.15, -0.1) is 0 Å². The van der Waals surface area contributed by atoms with Crippen LogP contribution in [-0.2, 0) is 14.2 Å². The maximum absolute atomic E-state index is 13.2. The summed E-state index contributed by atoms with van der Waals surface area (Å²) in [7, 11) is 1.20. The summed E-state index contributed by atoms with van der Waals surface area (Å²) in [5.41, 5.74) is 0. The molecule has 0 saturated carbocycles. The predicted molar refractivity (Wildman–Crippen MR) is 124 cm³/mol. The summed E-state index contributed by atoms with van der Waals surface area (Å²) in [6.07, 6.45) is 3.02. The molecule has 3 nitrogen and oxygen atoms in total. The molecule has 0 saturated heterocycles. The van der Waals surface area contributed by atoms with E-state index >= 15 is 0 Å². The maximum atomic E-state index is 13.2. The topological polar surface area (TPSA) is 27.7 Å². The summed E-state index contributed by atoms with van der Waals surface area (Å²) in [6.45, 7) is 21.7. The first-order chi connectivity index (χ1) is 14.4. The smallest absolute Gasteiger partial charge is 0.203 e. The third-order valence-corrected chi connectivity index (χ3v) is 5.14. The van der Waals surface area contributed by atoms with Crippen molar-refractivity contribution in [2.24, 2.45) is 17.8 Å². The predicted octanol–water partition coefficient (Wildman–Crippen LogP) is 8.09. The number of hydrogen-bond donors (Lipinski definition) is 0. The Morgan fingerprint density at radius 2 is 1.42 bits per heavy atom. The van der Waals surface area contributed by atoms with Crippen molar-refractivity contribution in [1.29, 1.82) is 0 Å². The zero-order valence-corrected chi connectivity index (χ0v) is 20.9. The Hall–Kier alpha value is -1.43. The van der Waals surface area contributed by atoms with Crippen molar-refractivity contribution < 1.29 is 27.4 Å². The van der Waals surface area contributed by atoms with Crippen LogP contribution in [0, 0.1) is 17.8 Å². The van der Waals surface area contributed by atoms with Crippen molar-refractivity contribution in [2.75, 3.05) is 20.3 Å². The van der Waals surface area contributed by atoms with E-state index in [1.54, 1.807) is 13.8 Å². The molecule has 0 aromatic heterocycles. The first-order valence-corrected chi connectivity index (χ1v) is 11.2. The van der Waals surface area contributed by atoms with Gasteiger partial charge in [0.2, 0.25) is 11.7 Å². The third-order valence-electron chi connectivity index (χ3n) is 5.14. The summed E-state index contributed by atoms with van der Waals surface area (Å²) in [4.78, 5) is 0. The van der Waals surface area contributed by atoms with Crippen LogP contribution in [0.1, 0.15) is 74.1 Å². The molecule has 4 atom stereocenters. The van der Waals surface area contributed by atoms with E-state index < -0.39 is 17.8 Å². The molecule has 0 aromatic carbocycles. The number of allylic oxidation sites excluding steroid dienone is 2. The molecular formula is C25H45F3O3. The summed E-state index contributed by atoms with van der Waals surface area (Å²) in [5.74, 6) is -1.13. The monoisotopic (exact) mass is 450 g/mol. The summed E-state index contributed by atoms with van der Waals surface area (Å²) < 4.78 is 54.0. The third kappa shape index (κ3) is 15.9. The van der Waals surface area contributed by atoms with E-state index in [-0.39, 0.29) is 17.6 Å². The van der Waals surface area contributed by atoms with Crippen LogP contribution in [-0.4, -0.2) is 32.6 Å². The minimum Gasteiger partial charge on any atom is -0.494 e. The van der Waals surface area contributed by atoms with Crippen molar-refractivity contribution in [3.05, 3.63) is 36.3 Å². The van der Waals surface area contributed by atoms with Crippen molar-refractivity contribution >= 4 is 0 Å². The van der Waals surface area contributed by atoms with E-state index in [0.717, 1.165) is 18.8 Å². The highest BCUT2D eigenvalue weighted by Gasteiger charge is 2.17. The Bertz CT molecular complexity index is 530. The van der Waals surface area contributed by atoms with Crippen molar-refractivity contribution in [1.82, 2.24) is 0 Å². The molecule has 0 rings (SSSR count). The quantitative estimate of drug-likeness (QED) is 0.143. The Morgan fingerprint density at radius 3 is 1.87 bits per heavy atom. The SMILES string of the molecule is C=C(OC)/C(F)=C(/F)C(=C)OCCCC.CC(C)CCC(C)C(C)COC(C)C(C)F.